The number of rotatable bonds is 4. The Hall–Kier alpha value is -2.68. The van der Waals surface area contributed by atoms with E-state index >= 15 is 0 Å². The fourth-order valence-electron chi connectivity index (χ4n) is 3.53. The second-order valence-corrected chi connectivity index (χ2v) is 6.79. The molecule has 0 aromatic carbocycles. The number of amides is 1. The lowest BCUT2D eigenvalue weighted by molar-refractivity contribution is 0.0714. The quantitative estimate of drug-likeness (QED) is 0.772. The zero-order valence-electron chi connectivity index (χ0n) is 15.6. The zero-order chi connectivity index (χ0) is 18.6. The van der Waals surface area contributed by atoms with Crippen LogP contribution in [-0.2, 0) is 0 Å². The summed E-state index contributed by atoms with van der Waals surface area (Å²) in [6.07, 6.45) is 3.23. The SMILES string of the molecule is CCN1CCN(c2nncc(N3CCN(C(=O)c4ccco4)CC3)n2)CC1. The summed E-state index contributed by atoms with van der Waals surface area (Å²) in [5.74, 6) is 1.84. The van der Waals surface area contributed by atoms with Crippen LogP contribution in [0.2, 0.25) is 0 Å². The van der Waals surface area contributed by atoms with Gasteiger partial charge >= 0.3 is 0 Å². The molecule has 9 nitrogen and oxygen atoms in total. The van der Waals surface area contributed by atoms with Crippen LogP contribution in [0.3, 0.4) is 0 Å². The van der Waals surface area contributed by atoms with Crippen LogP contribution in [0.1, 0.15) is 17.5 Å². The van der Waals surface area contributed by atoms with E-state index < -0.39 is 0 Å². The Morgan fingerprint density at radius 2 is 1.81 bits per heavy atom. The minimum absolute atomic E-state index is 0.0602. The van der Waals surface area contributed by atoms with E-state index in [1.807, 2.05) is 4.90 Å². The van der Waals surface area contributed by atoms with Crippen molar-refractivity contribution in [2.24, 2.45) is 0 Å². The van der Waals surface area contributed by atoms with E-state index in [4.69, 9.17) is 9.40 Å². The number of hydrogen-bond acceptors (Lipinski definition) is 8. The number of nitrogens with zero attached hydrogens (tertiary/aromatic N) is 7. The largest absolute Gasteiger partial charge is 0.459 e. The predicted octanol–water partition coefficient (Wildman–Crippen LogP) is 0.569. The van der Waals surface area contributed by atoms with Crippen LogP contribution in [-0.4, -0.2) is 89.8 Å². The van der Waals surface area contributed by atoms with E-state index in [1.54, 1.807) is 18.3 Å². The summed E-state index contributed by atoms with van der Waals surface area (Å²) in [5.41, 5.74) is 0. The van der Waals surface area contributed by atoms with Crippen molar-refractivity contribution in [3.8, 4) is 0 Å². The highest BCUT2D eigenvalue weighted by Gasteiger charge is 2.25. The molecular formula is C18H25N7O2. The molecular weight excluding hydrogens is 346 g/mol. The third-order valence-corrected chi connectivity index (χ3v) is 5.26. The van der Waals surface area contributed by atoms with Crippen LogP contribution in [0.25, 0.3) is 0 Å². The highest BCUT2D eigenvalue weighted by molar-refractivity contribution is 5.91. The monoisotopic (exact) mass is 371 g/mol. The average Bonchev–Trinajstić information content (AvgIpc) is 3.28. The Bertz CT molecular complexity index is 751. The van der Waals surface area contributed by atoms with E-state index in [-0.39, 0.29) is 5.91 Å². The highest BCUT2D eigenvalue weighted by atomic mass is 16.3. The fraction of sp³-hybridized carbons (Fsp3) is 0.556. The molecule has 2 aliphatic heterocycles. The van der Waals surface area contributed by atoms with Gasteiger partial charge in [-0.25, -0.2) is 0 Å². The van der Waals surface area contributed by atoms with Gasteiger partial charge in [-0.15, -0.1) is 5.10 Å². The van der Waals surface area contributed by atoms with Gasteiger partial charge in [0.25, 0.3) is 5.91 Å². The molecule has 4 heterocycles. The lowest BCUT2D eigenvalue weighted by Gasteiger charge is -2.36. The number of carbonyl (C=O) groups is 1. The summed E-state index contributed by atoms with van der Waals surface area (Å²) in [7, 11) is 0. The van der Waals surface area contributed by atoms with Gasteiger partial charge in [-0.3, -0.25) is 4.79 Å². The summed E-state index contributed by atoms with van der Waals surface area (Å²) in [6.45, 7) is 9.85. The highest BCUT2D eigenvalue weighted by Crippen LogP contribution is 2.18. The Labute approximate surface area is 158 Å². The first-order valence-corrected chi connectivity index (χ1v) is 9.49. The first kappa shape index (κ1) is 17.7. The molecule has 0 bridgehead atoms. The average molecular weight is 371 g/mol. The van der Waals surface area contributed by atoms with Gasteiger partial charge in [0.05, 0.1) is 12.5 Å². The number of likely N-dealkylation sites (N-methyl/N-ethyl adjacent to an activating group) is 1. The summed E-state index contributed by atoms with van der Waals surface area (Å²) in [6, 6.07) is 3.44. The van der Waals surface area contributed by atoms with E-state index in [0.717, 1.165) is 38.5 Å². The van der Waals surface area contributed by atoms with Gasteiger partial charge in [0.15, 0.2) is 11.6 Å². The van der Waals surface area contributed by atoms with Crippen molar-refractivity contribution in [1.82, 2.24) is 25.0 Å². The van der Waals surface area contributed by atoms with Gasteiger partial charge in [0.2, 0.25) is 5.95 Å². The molecule has 4 rings (SSSR count). The number of furan rings is 1. The van der Waals surface area contributed by atoms with Crippen molar-refractivity contribution in [3.63, 3.8) is 0 Å². The molecule has 9 heteroatoms. The second-order valence-electron chi connectivity index (χ2n) is 6.79. The Balaban J connectivity index is 1.37. The second kappa shape index (κ2) is 7.91. The molecule has 0 saturated carbocycles. The standard InChI is InChI=1S/C18H25N7O2/c1-2-22-5-7-25(8-6-22)18-20-16(14-19-21-18)23-9-11-24(12-10-23)17(26)15-4-3-13-27-15/h3-4,13-14H,2,5-12H2,1H3. The van der Waals surface area contributed by atoms with Crippen LogP contribution < -0.4 is 9.80 Å². The maximum atomic E-state index is 12.4. The van der Waals surface area contributed by atoms with Crippen molar-refractivity contribution in [2.75, 3.05) is 68.7 Å². The smallest absolute Gasteiger partial charge is 0.289 e. The molecule has 2 aliphatic rings. The zero-order valence-corrected chi connectivity index (χ0v) is 15.6. The minimum Gasteiger partial charge on any atom is -0.459 e. The fourth-order valence-corrected chi connectivity index (χ4v) is 3.53. The van der Waals surface area contributed by atoms with Crippen molar-refractivity contribution < 1.29 is 9.21 Å². The summed E-state index contributed by atoms with van der Waals surface area (Å²) >= 11 is 0. The summed E-state index contributed by atoms with van der Waals surface area (Å²) in [4.78, 5) is 25.7. The van der Waals surface area contributed by atoms with Gasteiger partial charge < -0.3 is 24.0 Å². The Kier molecular flexibility index (Phi) is 5.19. The molecule has 2 aromatic rings. The Morgan fingerprint density at radius 1 is 1.07 bits per heavy atom. The number of anilines is 2. The predicted molar refractivity (Wildman–Crippen MR) is 101 cm³/mol. The maximum absolute atomic E-state index is 12.4. The van der Waals surface area contributed by atoms with Crippen LogP contribution in [0.5, 0.6) is 0 Å². The van der Waals surface area contributed by atoms with Crippen LogP contribution in [0.15, 0.2) is 29.0 Å². The topological polar surface area (TPSA) is 81.8 Å². The lowest BCUT2D eigenvalue weighted by atomic mass is 10.3. The number of hydrogen-bond donors (Lipinski definition) is 0. The van der Waals surface area contributed by atoms with Gasteiger partial charge in [0.1, 0.15) is 0 Å². The molecule has 0 N–H and O–H groups in total. The molecule has 0 radical (unpaired) electrons. The summed E-state index contributed by atoms with van der Waals surface area (Å²) in [5, 5.41) is 8.39. The molecule has 27 heavy (non-hydrogen) atoms. The van der Waals surface area contributed by atoms with Crippen molar-refractivity contribution in [2.45, 2.75) is 6.92 Å². The minimum atomic E-state index is -0.0602. The Morgan fingerprint density at radius 3 is 2.48 bits per heavy atom. The molecule has 144 valence electrons. The van der Waals surface area contributed by atoms with Crippen LogP contribution >= 0.6 is 0 Å². The van der Waals surface area contributed by atoms with Crippen molar-refractivity contribution in [3.05, 3.63) is 30.4 Å². The van der Waals surface area contributed by atoms with E-state index in [0.29, 0.717) is 37.9 Å². The molecule has 2 fully saturated rings. The van der Waals surface area contributed by atoms with E-state index in [1.165, 1.54) is 6.26 Å². The number of piperazine rings is 2. The van der Waals surface area contributed by atoms with E-state index in [2.05, 4.69) is 31.8 Å². The van der Waals surface area contributed by atoms with Gasteiger partial charge in [0, 0.05) is 52.4 Å². The maximum Gasteiger partial charge on any atom is 0.289 e. The molecule has 2 saturated heterocycles. The third kappa shape index (κ3) is 3.87. The third-order valence-electron chi connectivity index (χ3n) is 5.26. The van der Waals surface area contributed by atoms with Crippen molar-refractivity contribution in [1.29, 1.82) is 0 Å². The van der Waals surface area contributed by atoms with Gasteiger partial charge in [-0.05, 0) is 18.7 Å². The van der Waals surface area contributed by atoms with Gasteiger partial charge in [-0.1, -0.05) is 6.92 Å². The molecule has 0 unspecified atom stereocenters. The number of aromatic nitrogens is 3. The summed E-state index contributed by atoms with van der Waals surface area (Å²) < 4.78 is 5.21. The lowest BCUT2D eigenvalue weighted by Crippen LogP contribution is -2.49. The molecule has 1 amide bonds. The van der Waals surface area contributed by atoms with Crippen LogP contribution in [0, 0.1) is 0 Å². The molecule has 0 aliphatic carbocycles. The molecule has 2 aromatic heterocycles. The first-order valence-electron chi connectivity index (χ1n) is 9.49. The van der Waals surface area contributed by atoms with Gasteiger partial charge in [-0.2, -0.15) is 10.1 Å². The van der Waals surface area contributed by atoms with E-state index in [9.17, 15) is 4.79 Å². The normalized spacial score (nSPS) is 18.8. The van der Waals surface area contributed by atoms with Crippen molar-refractivity contribution >= 4 is 17.7 Å². The van der Waals surface area contributed by atoms with Crippen LogP contribution in [0.4, 0.5) is 11.8 Å². The first-order chi connectivity index (χ1) is 13.2. The molecule has 0 spiro atoms. The number of carbonyl (C=O) groups excluding carboxylic acids is 1. The molecule has 0 atom stereocenters.